The van der Waals surface area contributed by atoms with Crippen molar-refractivity contribution in [2.45, 2.75) is 18.9 Å². The number of aryl methyl sites for hydroxylation is 1. The summed E-state index contributed by atoms with van der Waals surface area (Å²) in [6, 6.07) is 0.611. The third-order valence-corrected chi connectivity index (χ3v) is 3.53. The largest absolute Gasteiger partial charge is 0.352 e. The van der Waals surface area contributed by atoms with Crippen molar-refractivity contribution in [2.75, 3.05) is 16.8 Å². The highest BCUT2D eigenvalue weighted by molar-refractivity contribution is 7.99. The molecule has 1 aliphatic heterocycles. The SMILES string of the molecule is Cn1ccnc1NC1CCCSC1. The van der Waals surface area contributed by atoms with Crippen LogP contribution in [0.3, 0.4) is 0 Å². The van der Waals surface area contributed by atoms with Crippen LogP contribution in [0.2, 0.25) is 0 Å². The molecule has 0 spiro atoms. The second-order valence-corrected chi connectivity index (χ2v) is 4.57. The monoisotopic (exact) mass is 197 g/mol. The summed E-state index contributed by atoms with van der Waals surface area (Å²) in [5.74, 6) is 3.53. The predicted octanol–water partition coefficient (Wildman–Crippen LogP) is 1.73. The Bertz CT molecular complexity index is 266. The molecule has 1 saturated heterocycles. The highest BCUT2D eigenvalue weighted by atomic mass is 32.2. The molecule has 0 saturated carbocycles. The minimum atomic E-state index is 0.611. The zero-order valence-corrected chi connectivity index (χ0v) is 8.68. The van der Waals surface area contributed by atoms with Gasteiger partial charge in [-0.2, -0.15) is 11.8 Å². The molecule has 4 heteroatoms. The lowest BCUT2D eigenvalue weighted by Crippen LogP contribution is -2.27. The molecule has 1 N–H and O–H groups in total. The third-order valence-electron chi connectivity index (χ3n) is 2.31. The Morgan fingerprint density at radius 3 is 3.23 bits per heavy atom. The maximum absolute atomic E-state index is 4.25. The van der Waals surface area contributed by atoms with Gasteiger partial charge in [-0.25, -0.2) is 4.98 Å². The van der Waals surface area contributed by atoms with E-state index in [-0.39, 0.29) is 0 Å². The quantitative estimate of drug-likeness (QED) is 0.783. The van der Waals surface area contributed by atoms with Crippen LogP contribution < -0.4 is 5.32 Å². The second kappa shape index (κ2) is 4.05. The fourth-order valence-electron chi connectivity index (χ4n) is 1.54. The molecule has 2 heterocycles. The topological polar surface area (TPSA) is 29.9 Å². The van der Waals surface area contributed by atoms with Crippen molar-refractivity contribution in [3.8, 4) is 0 Å². The molecule has 1 unspecified atom stereocenters. The molecule has 1 atom stereocenters. The fourth-order valence-corrected chi connectivity index (χ4v) is 2.61. The number of aromatic nitrogens is 2. The molecular formula is C9H15N3S. The summed E-state index contributed by atoms with van der Waals surface area (Å²) >= 11 is 2.03. The first-order chi connectivity index (χ1) is 6.36. The van der Waals surface area contributed by atoms with Gasteiger partial charge in [-0.05, 0) is 18.6 Å². The van der Waals surface area contributed by atoms with Crippen molar-refractivity contribution in [3.63, 3.8) is 0 Å². The van der Waals surface area contributed by atoms with Crippen LogP contribution in [0.15, 0.2) is 12.4 Å². The third kappa shape index (κ3) is 2.18. The molecule has 1 aromatic rings. The molecule has 72 valence electrons. The molecule has 13 heavy (non-hydrogen) atoms. The molecular weight excluding hydrogens is 182 g/mol. The first-order valence-electron chi connectivity index (χ1n) is 4.68. The molecule has 0 aromatic carbocycles. The summed E-state index contributed by atoms with van der Waals surface area (Å²) in [5, 5.41) is 3.46. The minimum absolute atomic E-state index is 0.611. The molecule has 3 nitrogen and oxygen atoms in total. The van der Waals surface area contributed by atoms with E-state index in [4.69, 9.17) is 0 Å². The average Bonchev–Trinajstić information content (AvgIpc) is 2.54. The zero-order chi connectivity index (χ0) is 9.10. The number of nitrogens with zero attached hydrogens (tertiary/aromatic N) is 2. The highest BCUT2D eigenvalue weighted by Crippen LogP contribution is 2.19. The predicted molar refractivity (Wildman–Crippen MR) is 57.2 cm³/mol. The average molecular weight is 197 g/mol. The lowest BCUT2D eigenvalue weighted by atomic mass is 10.2. The molecule has 1 aliphatic rings. The number of thioether (sulfide) groups is 1. The second-order valence-electron chi connectivity index (χ2n) is 3.42. The Labute approximate surface area is 82.9 Å². The lowest BCUT2D eigenvalue weighted by Gasteiger charge is -2.22. The van der Waals surface area contributed by atoms with Gasteiger partial charge in [-0.3, -0.25) is 0 Å². The number of rotatable bonds is 2. The van der Waals surface area contributed by atoms with E-state index in [9.17, 15) is 0 Å². The van der Waals surface area contributed by atoms with Crippen LogP contribution in [0, 0.1) is 0 Å². The van der Waals surface area contributed by atoms with E-state index in [0.29, 0.717) is 6.04 Å². The van der Waals surface area contributed by atoms with Crippen molar-refractivity contribution in [3.05, 3.63) is 12.4 Å². The van der Waals surface area contributed by atoms with Gasteiger partial charge in [0.2, 0.25) is 5.95 Å². The van der Waals surface area contributed by atoms with E-state index in [1.165, 1.54) is 24.3 Å². The summed E-state index contributed by atoms with van der Waals surface area (Å²) in [7, 11) is 2.02. The van der Waals surface area contributed by atoms with Gasteiger partial charge in [0.05, 0.1) is 0 Å². The number of hydrogen-bond acceptors (Lipinski definition) is 3. The molecule has 0 aliphatic carbocycles. The minimum Gasteiger partial charge on any atom is -0.352 e. The molecule has 0 radical (unpaired) electrons. The van der Waals surface area contributed by atoms with Crippen molar-refractivity contribution in [1.29, 1.82) is 0 Å². The summed E-state index contributed by atoms with van der Waals surface area (Å²) < 4.78 is 2.03. The number of hydrogen-bond donors (Lipinski definition) is 1. The summed E-state index contributed by atoms with van der Waals surface area (Å²) in [6.45, 7) is 0. The molecule has 0 amide bonds. The number of imidazole rings is 1. The number of nitrogens with one attached hydrogen (secondary N) is 1. The van der Waals surface area contributed by atoms with Gasteiger partial charge in [0.15, 0.2) is 0 Å². The Morgan fingerprint density at radius 2 is 2.62 bits per heavy atom. The lowest BCUT2D eigenvalue weighted by molar-refractivity contribution is 0.673. The normalized spacial score (nSPS) is 23.0. The highest BCUT2D eigenvalue weighted by Gasteiger charge is 2.14. The smallest absolute Gasteiger partial charge is 0.202 e. The van der Waals surface area contributed by atoms with Crippen LogP contribution in [0.1, 0.15) is 12.8 Å². The van der Waals surface area contributed by atoms with E-state index in [1.807, 2.05) is 35.8 Å². The maximum Gasteiger partial charge on any atom is 0.202 e. The van der Waals surface area contributed by atoms with Gasteiger partial charge in [-0.15, -0.1) is 0 Å². The fraction of sp³-hybridized carbons (Fsp3) is 0.667. The Hall–Kier alpha value is -0.640. The van der Waals surface area contributed by atoms with Crippen LogP contribution in [0.5, 0.6) is 0 Å². The molecule has 0 bridgehead atoms. The van der Waals surface area contributed by atoms with Gasteiger partial charge in [0, 0.05) is 31.2 Å². The van der Waals surface area contributed by atoms with Crippen LogP contribution >= 0.6 is 11.8 Å². The van der Waals surface area contributed by atoms with Gasteiger partial charge < -0.3 is 9.88 Å². The first kappa shape index (κ1) is 8.94. The summed E-state index contributed by atoms with van der Waals surface area (Å²) in [5.41, 5.74) is 0. The first-order valence-corrected chi connectivity index (χ1v) is 5.83. The van der Waals surface area contributed by atoms with E-state index in [2.05, 4.69) is 10.3 Å². The standard InChI is InChI=1S/C9H15N3S/c1-12-5-4-10-9(12)11-8-3-2-6-13-7-8/h4-5,8H,2-3,6-7H2,1H3,(H,10,11). The molecule has 2 rings (SSSR count). The van der Waals surface area contributed by atoms with Crippen molar-refractivity contribution in [1.82, 2.24) is 9.55 Å². The van der Waals surface area contributed by atoms with Crippen molar-refractivity contribution >= 4 is 17.7 Å². The van der Waals surface area contributed by atoms with Crippen molar-refractivity contribution in [2.24, 2.45) is 7.05 Å². The molecule has 1 fully saturated rings. The molecule has 1 aromatic heterocycles. The van der Waals surface area contributed by atoms with Crippen LogP contribution in [0.25, 0.3) is 0 Å². The zero-order valence-electron chi connectivity index (χ0n) is 7.86. The van der Waals surface area contributed by atoms with Crippen LogP contribution in [-0.2, 0) is 7.05 Å². The maximum atomic E-state index is 4.25. The summed E-state index contributed by atoms with van der Waals surface area (Å²) in [6.07, 6.45) is 6.41. The van der Waals surface area contributed by atoms with Gasteiger partial charge in [0.1, 0.15) is 0 Å². The van der Waals surface area contributed by atoms with Crippen LogP contribution in [-0.4, -0.2) is 27.1 Å². The van der Waals surface area contributed by atoms with E-state index < -0.39 is 0 Å². The van der Waals surface area contributed by atoms with Gasteiger partial charge in [-0.1, -0.05) is 0 Å². The Morgan fingerprint density at radius 1 is 1.69 bits per heavy atom. The van der Waals surface area contributed by atoms with E-state index in [0.717, 1.165) is 5.95 Å². The number of anilines is 1. The Balaban J connectivity index is 1.93. The van der Waals surface area contributed by atoms with Crippen LogP contribution in [0.4, 0.5) is 5.95 Å². The van der Waals surface area contributed by atoms with Gasteiger partial charge in [0.25, 0.3) is 0 Å². The van der Waals surface area contributed by atoms with E-state index in [1.54, 1.807) is 0 Å². The van der Waals surface area contributed by atoms with E-state index >= 15 is 0 Å². The van der Waals surface area contributed by atoms with Gasteiger partial charge >= 0.3 is 0 Å². The summed E-state index contributed by atoms with van der Waals surface area (Å²) in [4.78, 5) is 4.25. The Kier molecular flexibility index (Phi) is 2.78. The van der Waals surface area contributed by atoms with Crippen molar-refractivity contribution < 1.29 is 0 Å².